The zero-order valence-electron chi connectivity index (χ0n) is 14.6. The van der Waals surface area contributed by atoms with E-state index in [1.165, 1.54) is 11.3 Å². The van der Waals surface area contributed by atoms with E-state index in [2.05, 4.69) is 10.3 Å². The number of amides is 1. The third-order valence-corrected chi connectivity index (χ3v) is 5.24. The van der Waals surface area contributed by atoms with Crippen LogP contribution in [0, 0.1) is 0 Å². The summed E-state index contributed by atoms with van der Waals surface area (Å²) in [4.78, 5) is 16.8. The zero-order chi connectivity index (χ0) is 18.9. The van der Waals surface area contributed by atoms with Crippen LogP contribution in [0.25, 0.3) is 10.6 Å². The highest BCUT2D eigenvalue weighted by Crippen LogP contribution is 2.35. The van der Waals surface area contributed by atoms with Crippen LogP contribution in [0.15, 0.2) is 53.9 Å². The van der Waals surface area contributed by atoms with Crippen molar-refractivity contribution in [2.75, 3.05) is 13.3 Å². The number of aromatic nitrogens is 1. The Labute approximate surface area is 160 Å². The molecule has 0 saturated heterocycles. The fourth-order valence-corrected chi connectivity index (χ4v) is 3.57. The minimum atomic E-state index is -1.26. The summed E-state index contributed by atoms with van der Waals surface area (Å²) in [6.07, 6.45) is 0. The van der Waals surface area contributed by atoms with Crippen LogP contribution in [0.3, 0.4) is 0 Å². The predicted octanol–water partition coefficient (Wildman–Crippen LogP) is 3.18. The highest BCUT2D eigenvalue weighted by Gasteiger charge is 2.27. The second-order valence-electron chi connectivity index (χ2n) is 6.43. The Morgan fingerprint density at radius 3 is 2.81 bits per heavy atom. The molecular formula is C20H18N2O4S. The third kappa shape index (κ3) is 3.65. The minimum Gasteiger partial charge on any atom is -0.454 e. The van der Waals surface area contributed by atoms with Crippen molar-refractivity contribution in [1.82, 2.24) is 10.3 Å². The van der Waals surface area contributed by atoms with Crippen molar-refractivity contribution in [3.8, 4) is 22.1 Å². The second-order valence-corrected chi connectivity index (χ2v) is 7.29. The molecule has 4 rings (SSSR count). The van der Waals surface area contributed by atoms with Gasteiger partial charge in [-0.15, -0.1) is 11.3 Å². The van der Waals surface area contributed by atoms with Gasteiger partial charge >= 0.3 is 0 Å². The van der Waals surface area contributed by atoms with E-state index in [9.17, 15) is 9.90 Å². The molecule has 1 aromatic heterocycles. The monoisotopic (exact) mass is 382 g/mol. The number of rotatable bonds is 5. The Bertz CT molecular complexity index is 969. The van der Waals surface area contributed by atoms with Gasteiger partial charge in [0, 0.05) is 10.9 Å². The molecule has 0 aliphatic carbocycles. The lowest BCUT2D eigenvalue weighted by Gasteiger charge is -2.24. The molecule has 7 heteroatoms. The number of ether oxygens (including phenoxy) is 2. The van der Waals surface area contributed by atoms with E-state index in [1.54, 1.807) is 30.5 Å². The molecule has 3 aromatic rings. The summed E-state index contributed by atoms with van der Waals surface area (Å²) in [6, 6.07) is 14.9. The predicted molar refractivity (Wildman–Crippen MR) is 102 cm³/mol. The lowest BCUT2D eigenvalue weighted by molar-refractivity contribution is 0.0523. The zero-order valence-corrected chi connectivity index (χ0v) is 15.5. The molecule has 0 saturated carbocycles. The Morgan fingerprint density at radius 1 is 1.22 bits per heavy atom. The number of thiazole rings is 1. The molecule has 0 fully saturated rings. The van der Waals surface area contributed by atoms with Gasteiger partial charge in [0.15, 0.2) is 11.5 Å². The maximum Gasteiger partial charge on any atom is 0.270 e. The number of hydrogen-bond acceptors (Lipinski definition) is 6. The van der Waals surface area contributed by atoms with Crippen molar-refractivity contribution >= 4 is 17.2 Å². The van der Waals surface area contributed by atoms with E-state index < -0.39 is 5.60 Å². The number of benzene rings is 2. The Kier molecular flexibility index (Phi) is 4.55. The summed E-state index contributed by atoms with van der Waals surface area (Å²) in [5, 5.41) is 16.0. The van der Waals surface area contributed by atoms with Crippen molar-refractivity contribution in [1.29, 1.82) is 0 Å². The van der Waals surface area contributed by atoms with Crippen molar-refractivity contribution in [3.05, 3.63) is 65.2 Å². The van der Waals surface area contributed by atoms with Gasteiger partial charge in [-0.1, -0.05) is 36.4 Å². The first-order valence-corrected chi connectivity index (χ1v) is 9.32. The van der Waals surface area contributed by atoms with E-state index >= 15 is 0 Å². The molecular weight excluding hydrogens is 364 g/mol. The quantitative estimate of drug-likeness (QED) is 0.708. The first kappa shape index (κ1) is 17.5. The molecule has 1 amide bonds. The molecule has 138 valence electrons. The lowest BCUT2D eigenvalue weighted by atomic mass is 9.95. The topological polar surface area (TPSA) is 80.7 Å². The molecule has 0 unspecified atom stereocenters. The van der Waals surface area contributed by atoms with Crippen LogP contribution in [-0.2, 0) is 5.60 Å². The maximum absolute atomic E-state index is 12.4. The van der Waals surface area contributed by atoms with Crippen molar-refractivity contribution in [2.24, 2.45) is 0 Å². The van der Waals surface area contributed by atoms with E-state index in [4.69, 9.17) is 9.47 Å². The number of hydrogen-bond donors (Lipinski definition) is 2. The van der Waals surface area contributed by atoms with Gasteiger partial charge in [-0.2, -0.15) is 0 Å². The van der Waals surface area contributed by atoms with Crippen LogP contribution in [0.5, 0.6) is 11.5 Å². The summed E-state index contributed by atoms with van der Waals surface area (Å²) in [5.74, 6) is 0.912. The Morgan fingerprint density at radius 2 is 2.00 bits per heavy atom. The number of fused-ring (bicyclic) bond motifs is 1. The second kappa shape index (κ2) is 7.02. The molecule has 0 spiro atoms. The molecule has 0 bridgehead atoms. The summed E-state index contributed by atoms with van der Waals surface area (Å²) < 4.78 is 10.6. The van der Waals surface area contributed by atoms with Crippen LogP contribution < -0.4 is 14.8 Å². The van der Waals surface area contributed by atoms with Crippen molar-refractivity contribution in [2.45, 2.75) is 12.5 Å². The van der Waals surface area contributed by atoms with E-state index in [0.717, 1.165) is 10.6 Å². The van der Waals surface area contributed by atoms with Crippen LogP contribution in [-0.4, -0.2) is 29.3 Å². The van der Waals surface area contributed by atoms with E-state index in [0.29, 0.717) is 22.8 Å². The first-order valence-electron chi connectivity index (χ1n) is 8.44. The summed E-state index contributed by atoms with van der Waals surface area (Å²) in [6.45, 7) is 1.86. The van der Waals surface area contributed by atoms with Gasteiger partial charge in [0.05, 0.1) is 6.54 Å². The van der Waals surface area contributed by atoms with Gasteiger partial charge in [-0.25, -0.2) is 4.98 Å². The lowest BCUT2D eigenvalue weighted by Crippen LogP contribution is -2.38. The molecule has 1 aliphatic heterocycles. The Balaban J connectivity index is 1.43. The average Bonchev–Trinajstić information content (AvgIpc) is 3.35. The molecule has 2 heterocycles. The highest BCUT2D eigenvalue weighted by atomic mass is 32.1. The molecule has 6 nitrogen and oxygen atoms in total. The van der Waals surface area contributed by atoms with Gasteiger partial charge in [0.2, 0.25) is 6.79 Å². The maximum atomic E-state index is 12.4. The molecule has 2 N–H and O–H groups in total. The third-order valence-electron chi connectivity index (χ3n) is 4.35. The van der Waals surface area contributed by atoms with Gasteiger partial charge in [0.25, 0.3) is 5.91 Å². The smallest absolute Gasteiger partial charge is 0.270 e. The number of carbonyl (C=O) groups excluding carboxylic acids is 1. The Hall–Kier alpha value is -2.90. The largest absolute Gasteiger partial charge is 0.454 e. The SMILES string of the molecule is C[C@@](O)(CNC(=O)c1csc(-c2ccccc2)n1)c1ccc2c(c1)OCO2. The average molecular weight is 382 g/mol. The minimum absolute atomic E-state index is 0.0453. The van der Waals surface area contributed by atoms with E-state index in [1.807, 2.05) is 30.3 Å². The highest BCUT2D eigenvalue weighted by molar-refractivity contribution is 7.13. The number of nitrogens with one attached hydrogen (secondary N) is 1. The number of carbonyl (C=O) groups is 1. The summed E-state index contributed by atoms with van der Waals surface area (Å²) >= 11 is 1.41. The number of aliphatic hydroxyl groups is 1. The molecule has 1 aliphatic rings. The van der Waals surface area contributed by atoms with E-state index in [-0.39, 0.29) is 19.2 Å². The summed E-state index contributed by atoms with van der Waals surface area (Å²) in [7, 11) is 0. The summed E-state index contributed by atoms with van der Waals surface area (Å²) in [5.41, 5.74) is 0.680. The van der Waals surface area contributed by atoms with Gasteiger partial charge in [-0.3, -0.25) is 4.79 Å². The van der Waals surface area contributed by atoms with Gasteiger partial charge < -0.3 is 19.9 Å². The fraction of sp³-hybridized carbons (Fsp3) is 0.200. The van der Waals surface area contributed by atoms with Crippen molar-refractivity contribution in [3.63, 3.8) is 0 Å². The van der Waals surface area contributed by atoms with Gasteiger partial charge in [-0.05, 0) is 24.6 Å². The first-order chi connectivity index (χ1) is 13.0. The van der Waals surface area contributed by atoms with Gasteiger partial charge in [0.1, 0.15) is 16.3 Å². The normalized spacial score (nSPS) is 14.6. The molecule has 0 radical (unpaired) electrons. The number of nitrogens with zero attached hydrogens (tertiary/aromatic N) is 1. The standard InChI is InChI=1S/C20H18N2O4S/c1-20(24,14-7-8-16-17(9-14)26-12-25-16)11-21-18(23)15-10-27-19(22-15)13-5-3-2-4-6-13/h2-10,24H,11-12H2,1H3,(H,21,23)/t20-/m1/s1. The fourth-order valence-electron chi connectivity index (χ4n) is 2.77. The van der Waals surface area contributed by atoms with Crippen LogP contribution in [0.1, 0.15) is 23.0 Å². The molecule has 27 heavy (non-hydrogen) atoms. The van der Waals surface area contributed by atoms with Crippen LogP contribution >= 0.6 is 11.3 Å². The molecule has 1 atom stereocenters. The van der Waals surface area contributed by atoms with Crippen molar-refractivity contribution < 1.29 is 19.4 Å². The van der Waals surface area contributed by atoms with Crippen LogP contribution in [0.2, 0.25) is 0 Å². The van der Waals surface area contributed by atoms with Crippen LogP contribution in [0.4, 0.5) is 0 Å². The molecule has 2 aromatic carbocycles.